The van der Waals surface area contributed by atoms with Crippen molar-refractivity contribution in [2.45, 2.75) is 33.6 Å². The van der Waals surface area contributed by atoms with Gasteiger partial charge in [-0.05, 0) is 37.5 Å². The standard InChI is InChI=1S/C15H18ClFN2/c1-4-8-18-14-9(3)12(5-2)19-15-11(17)7-6-10(16)13(14)15/h6-7H,4-5,8H2,1-3H3,(H,18,19). The van der Waals surface area contributed by atoms with Crippen molar-refractivity contribution in [3.8, 4) is 0 Å². The zero-order valence-corrected chi connectivity index (χ0v) is 12.2. The predicted molar refractivity (Wildman–Crippen MR) is 79.6 cm³/mol. The molecule has 1 aromatic carbocycles. The molecule has 0 bridgehead atoms. The minimum atomic E-state index is -0.325. The van der Waals surface area contributed by atoms with Crippen LogP contribution in [0.15, 0.2) is 12.1 Å². The first-order valence-electron chi connectivity index (χ1n) is 6.61. The molecule has 0 radical (unpaired) electrons. The lowest BCUT2D eigenvalue weighted by Crippen LogP contribution is -2.07. The number of aromatic nitrogens is 1. The van der Waals surface area contributed by atoms with E-state index in [1.807, 2.05) is 13.8 Å². The van der Waals surface area contributed by atoms with Crippen molar-refractivity contribution in [2.75, 3.05) is 11.9 Å². The summed E-state index contributed by atoms with van der Waals surface area (Å²) in [6.45, 7) is 6.95. The molecule has 0 fully saturated rings. The summed E-state index contributed by atoms with van der Waals surface area (Å²) in [7, 11) is 0. The van der Waals surface area contributed by atoms with Gasteiger partial charge in [0.25, 0.3) is 0 Å². The maximum absolute atomic E-state index is 14.0. The van der Waals surface area contributed by atoms with Gasteiger partial charge in [-0.1, -0.05) is 25.4 Å². The molecule has 1 heterocycles. The van der Waals surface area contributed by atoms with E-state index in [2.05, 4.69) is 17.2 Å². The van der Waals surface area contributed by atoms with Crippen molar-refractivity contribution in [1.82, 2.24) is 4.98 Å². The minimum absolute atomic E-state index is 0.325. The first-order chi connectivity index (χ1) is 9.10. The van der Waals surface area contributed by atoms with Gasteiger partial charge < -0.3 is 5.32 Å². The Kier molecular flexibility index (Phi) is 4.25. The Morgan fingerprint density at radius 1 is 1.32 bits per heavy atom. The summed E-state index contributed by atoms with van der Waals surface area (Å²) in [4.78, 5) is 4.42. The van der Waals surface area contributed by atoms with Crippen LogP contribution in [-0.4, -0.2) is 11.5 Å². The van der Waals surface area contributed by atoms with E-state index < -0.39 is 0 Å². The Balaban J connectivity index is 2.79. The smallest absolute Gasteiger partial charge is 0.149 e. The summed E-state index contributed by atoms with van der Waals surface area (Å²) >= 11 is 6.23. The third-order valence-electron chi connectivity index (χ3n) is 3.27. The number of nitrogens with zero attached hydrogens (tertiary/aromatic N) is 1. The second-order valence-corrected chi connectivity index (χ2v) is 5.00. The molecule has 0 aliphatic rings. The van der Waals surface area contributed by atoms with Crippen LogP contribution in [0.3, 0.4) is 0 Å². The summed E-state index contributed by atoms with van der Waals surface area (Å²) in [6, 6.07) is 2.96. The van der Waals surface area contributed by atoms with Crippen molar-refractivity contribution in [1.29, 1.82) is 0 Å². The van der Waals surface area contributed by atoms with Crippen molar-refractivity contribution in [3.05, 3.63) is 34.2 Å². The second kappa shape index (κ2) is 5.74. The molecule has 1 N–H and O–H groups in total. The Bertz CT molecular complexity index is 611. The van der Waals surface area contributed by atoms with E-state index in [1.54, 1.807) is 6.07 Å². The van der Waals surface area contributed by atoms with Crippen LogP contribution in [0.5, 0.6) is 0 Å². The maximum atomic E-state index is 14.0. The molecule has 0 saturated heterocycles. The fourth-order valence-electron chi connectivity index (χ4n) is 2.25. The van der Waals surface area contributed by atoms with Crippen LogP contribution < -0.4 is 5.32 Å². The molecular formula is C15H18ClFN2. The number of benzene rings is 1. The van der Waals surface area contributed by atoms with Crippen molar-refractivity contribution in [2.24, 2.45) is 0 Å². The Morgan fingerprint density at radius 2 is 2.05 bits per heavy atom. The van der Waals surface area contributed by atoms with Crippen LogP contribution in [0, 0.1) is 12.7 Å². The SMILES string of the molecule is CCCNc1c(C)c(CC)nc2c(F)ccc(Cl)c12. The van der Waals surface area contributed by atoms with Gasteiger partial charge >= 0.3 is 0 Å². The predicted octanol–water partition coefficient (Wildman–Crippen LogP) is 4.72. The lowest BCUT2D eigenvalue weighted by molar-refractivity contribution is 0.636. The number of halogens is 2. The number of hydrogen-bond donors (Lipinski definition) is 1. The van der Waals surface area contributed by atoms with Crippen LogP contribution >= 0.6 is 11.6 Å². The highest BCUT2D eigenvalue weighted by atomic mass is 35.5. The molecule has 0 aliphatic carbocycles. The first-order valence-corrected chi connectivity index (χ1v) is 6.99. The van der Waals surface area contributed by atoms with Crippen LogP contribution in [0.25, 0.3) is 10.9 Å². The molecule has 0 unspecified atom stereocenters. The van der Waals surface area contributed by atoms with E-state index in [0.717, 1.165) is 36.3 Å². The minimum Gasteiger partial charge on any atom is -0.384 e. The highest BCUT2D eigenvalue weighted by Crippen LogP contribution is 2.34. The molecule has 4 heteroatoms. The molecule has 102 valence electrons. The van der Waals surface area contributed by atoms with Gasteiger partial charge in [-0.3, -0.25) is 0 Å². The van der Waals surface area contributed by atoms with Crippen molar-refractivity contribution < 1.29 is 4.39 Å². The molecule has 2 nitrogen and oxygen atoms in total. The number of rotatable bonds is 4. The van der Waals surface area contributed by atoms with Crippen LogP contribution in [-0.2, 0) is 6.42 Å². The zero-order chi connectivity index (χ0) is 14.0. The van der Waals surface area contributed by atoms with Crippen LogP contribution in [0.4, 0.5) is 10.1 Å². The second-order valence-electron chi connectivity index (χ2n) is 4.59. The summed E-state index contributed by atoms with van der Waals surface area (Å²) in [5.74, 6) is -0.325. The summed E-state index contributed by atoms with van der Waals surface area (Å²) in [5.41, 5.74) is 3.23. The van der Waals surface area contributed by atoms with E-state index >= 15 is 0 Å². The van der Waals surface area contributed by atoms with Gasteiger partial charge in [0, 0.05) is 23.3 Å². The average Bonchev–Trinajstić information content (AvgIpc) is 2.41. The fraction of sp³-hybridized carbons (Fsp3) is 0.400. The highest BCUT2D eigenvalue weighted by molar-refractivity contribution is 6.36. The topological polar surface area (TPSA) is 24.9 Å². The number of hydrogen-bond acceptors (Lipinski definition) is 2. The lowest BCUT2D eigenvalue weighted by Gasteiger charge is -2.16. The molecule has 0 atom stereocenters. The van der Waals surface area contributed by atoms with Gasteiger partial charge in [-0.25, -0.2) is 9.37 Å². The molecule has 2 rings (SSSR count). The van der Waals surface area contributed by atoms with E-state index in [-0.39, 0.29) is 5.82 Å². The largest absolute Gasteiger partial charge is 0.384 e. The monoisotopic (exact) mass is 280 g/mol. The molecule has 1 aromatic heterocycles. The highest BCUT2D eigenvalue weighted by Gasteiger charge is 2.15. The molecule has 0 amide bonds. The number of anilines is 1. The van der Waals surface area contributed by atoms with E-state index in [0.29, 0.717) is 15.9 Å². The number of pyridine rings is 1. The summed E-state index contributed by atoms with van der Waals surface area (Å²) < 4.78 is 14.0. The van der Waals surface area contributed by atoms with Gasteiger partial charge in [0.1, 0.15) is 11.3 Å². The molecule has 19 heavy (non-hydrogen) atoms. The first kappa shape index (κ1) is 14.1. The van der Waals surface area contributed by atoms with E-state index in [1.165, 1.54) is 6.07 Å². The summed E-state index contributed by atoms with van der Waals surface area (Å²) in [5, 5.41) is 4.58. The normalized spacial score (nSPS) is 11.0. The maximum Gasteiger partial charge on any atom is 0.149 e. The molecule has 0 saturated carbocycles. The van der Waals surface area contributed by atoms with Gasteiger partial charge in [-0.15, -0.1) is 0 Å². The lowest BCUT2D eigenvalue weighted by atomic mass is 10.0. The van der Waals surface area contributed by atoms with Crippen LogP contribution in [0.2, 0.25) is 5.02 Å². The third-order valence-corrected chi connectivity index (χ3v) is 3.58. The zero-order valence-electron chi connectivity index (χ0n) is 11.5. The third kappa shape index (κ3) is 2.52. The molecular weight excluding hydrogens is 263 g/mol. The van der Waals surface area contributed by atoms with Gasteiger partial charge in [0.05, 0.1) is 5.02 Å². The molecule has 0 spiro atoms. The summed E-state index contributed by atoms with van der Waals surface area (Å²) in [6.07, 6.45) is 1.77. The van der Waals surface area contributed by atoms with Gasteiger partial charge in [-0.2, -0.15) is 0 Å². The number of fused-ring (bicyclic) bond motifs is 1. The van der Waals surface area contributed by atoms with Gasteiger partial charge in [0.2, 0.25) is 0 Å². The molecule has 0 aliphatic heterocycles. The quantitative estimate of drug-likeness (QED) is 0.876. The van der Waals surface area contributed by atoms with E-state index in [4.69, 9.17) is 11.6 Å². The molecule has 2 aromatic rings. The van der Waals surface area contributed by atoms with E-state index in [9.17, 15) is 4.39 Å². The number of nitrogens with one attached hydrogen (secondary N) is 1. The fourth-order valence-corrected chi connectivity index (χ4v) is 2.50. The van der Waals surface area contributed by atoms with Crippen molar-refractivity contribution >= 4 is 28.2 Å². The number of aryl methyl sites for hydroxylation is 1. The van der Waals surface area contributed by atoms with Crippen LogP contribution in [0.1, 0.15) is 31.5 Å². The Morgan fingerprint density at radius 3 is 2.68 bits per heavy atom. The van der Waals surface area contributed by atoms with Crippen molar-refractivity contribution in [3.63, 3.8) is 0 Å². The average molecular weight is 281 g/mol. The van der Waals surface area contributed by atoms with Gasteiger partial charge in [0.15, 0.2) is 0 Å². The Hall–Kier alpha value is -1.35. The Labute approximate surface area is 118 Å².